The molecular weight excluding hydrogens is 293 g/mol. The van der Waals surface area contributed by atoms with Crippen LogP contribution in [0.5, 0.6) is 0 Å². The van der Waals surface area contributed by atoms with Crippen LogP contribution in [0.25, 0.3) is 0 Å². The number of rotatable bonds is 7. The van der Waals surface area contributed by atoms with E-state index < -0.39 is 0 Å². The molecule has 0 saturated carbocycles. The normalized spacial score (nSPS) is 10.6. The average molecular weight is 310 g/mol. The molecule has 0 spiro atoms. The molecule has 1 N–H and O–H groups in total. The van der Waals surface area contributed by atoms with E-state index in [1.807, 2.05) is 13.0 Å². The van der Waals surface area contributed by atoms with Crippen molar-refractivity contribution < 1.29 is 9.13 Å². The smallest absolute Gasteiger partial charge is 0.158 e. The van der Waals surface area contributed by atoms with Crippen LogP contribution in [0.2, 0.25) is 5.15 Å². The first-order valence-corrected chi connectivity index (χ1v) is 7.15. The Balaban J connectivity index is 1.93. The number of hydrogen-bond acceptors (Lipinski definition) is 4. The first-order chi connectivity index (χ1) is 10.2. The van der Waals surface area contributed by atoms with Gasteiger partial charge in [0, 0.05) is 19.2 Å². The predicted molar refractivity (Wildman–Crippen MR) is 81.0 cm³/mol. The molecule has 0 saturated heterocycles. The molecule has 0 aliphatic heterocycles. The van der Waals surface area contributed by atoms with Gasteiger partial charge in [-0.2, -0.15) is 0 Å². The van der Waals surface area contributed by atoms with Crippen LogP contribution in [0, 0.1) is 5.82 Å². The van der Waals surface area contributed by atoms with E-state index in [-0.39, 0.29) is 5.82 Å². The second-order valence-corrected chi connectivity index (χ2v) is 4.78. The molecule has 0 aliphatic carbocycles. The highest BCUT2D eigenvalue weighted by molar-refractivity contribution is 6.29. The summed E-state index contributed by atoms with van der Waals surface area (Å²) in [5, 5.41) is 3.47. The van der Waals surface area contributed by atoms with Gasteiger partial charge in [-0.1, -0.05) is 29.8 Å². The number of halogens is 2. The molecule has 0 atom stereocenters. The third kappa shape index (κ3) is 4.95. The number of nitrogens with zero attached hydrogens (tertiary/aromatic N) is 2. The van der Waals surface area contributed by atoms with E-state index in [1.165, 1.54) is 6.07 Å². The monoisotopic (exact) mass is 309 g/mol. The summed E-state index contributed by atoms with van der Waals surface area (Å²) in [6.45, 7) is 3.37. The maximum atomic E-state index is 13.5. The van der Waals surface area contributed by atoms with E-state index in [2.05, 4.69) is 15.3 Å². The summed E-state index contributed by atoms with van der Waals surface area (Å²) in [7, 11) is 0. The molecule has 2 rings (SSSR count). The average Bonchev–Trinajstić information content (AvgIpc) is 2.47. The number of aromatic nitrogens is 2. The lowest BCUT2D eigenvalue weighted by molar-refractivity contribution is 0.128. The minimum absolute atomic E-state index is 0.197. The lowest BCUT2D eigenvalue weighted by Crippen LogP contribution is -2.09. The Morgan fingerprint density at radius 3 is 2.86 bits per heavy atom. The summed E-state index contributed by atoms with van der Waals surface area (Å²) in [6.07, 6.45) is 0.565. The lowest BCUT2D eigenvalue weighted by atomic mass is 10.1. The first-order valence-electron chi connectivity index (χ1n) is 6.77. The summed E-state index contributed by atoms with van der Waals surface area (Å²) < 4.78 is 18.8. The third-order valence-electron chi connectivity index (χ3n) is 2.83. The molecule has 6 heteroatoms. The van der Waals surface area contributed by atoms with Crippen LogP contribution in [0.3, 0.4) is 0 Å². The zero-order chi connectivity index (χ0) is 15.1. The largest absolute Gasteiger partial charge is 0.374 e. The van der Waals surface area contributed by atoms with Gasteiger partial charge in [-0.05, 0) is 25.0 Å². The maximum Gasteiger partial charge on any atom is 0.158 e. The topological polar surface area (TPSA) is 47.0 Å². The second kappa shape index (κ2) is 7.90. The summed E-state index contributed by atoms with van der Waals surface area (Å²) in [5.41, 5.74) is 0.666. The maximum absolute atomic E-state index is 13.5. The summed E-state index contributed by atoms with van der Waals surface area (Å²) in [4.78, 5) is 8.38. The highest BCUT2D eigenvalue weighted by Crippen LogP contribution is 2.13. The molecule has 1 aromatic carbocycles. The van der Waals surface area contributed by atoms with Crippen molar-refractivity contribution >= 4 is 17.4 Å². The number of hydrogen-bond donors (Lipinski definition) is 1. The minimum Gasteiger partial charge on any atom is -0.374 e. The molecule has 0 bridgehead atoms. The Hall–Kier alpha value is -1.72. The molecule has 1 aromatic heterocycles. The van der Waals surface area contributed by atoms with Crippen molar-refractivity contribution in [1.29, 1.82) is 0 Å². The number of ether oxygens (including phenoxy) is 1. The third-order valence-corrected chi connectivity index (χ3v) is 3.03. The van der Waals surface area contributed by atoms with Gasteiger partial charge in [-0.25, -0.2) is 14.4 Å². The van der Waals surface area contributed by atoms with E-state index in [1.54, 1.807) is 18.2 Å². The highest BCUT2D eigenvalue weighted by atomic mass is 35.5. The van der Waals surface area contributed by atoms with Gasteiger partial charge in [0.05, 0.1) is 0 Å². The molecule has 0 radical (unpaired) electrons. The fraction of sp³-hybridized carbons (Fsp3) is 0.333. The van der Waals surface area contributed by atoms with Crippen molar-refractivity contribution in [3.63, 3.8) is 0 Å². The molecule has 112 valence electrons. The molecule has 21 heavy (non-hydrogen) atoms. The Morgan fingerprint density at radius 2 is 2.10 bits per heavy atom. The molecule has 1 heterocycles. The van der Waals surface area contributed by atoms with Crippen LogP contribution in [0.1, 0.15) is 18.3 Å². The van der Waals surface area contributed by atoms with Gasteiger partial charge in [0.1, 0.15) is 23.4 Å². The number of nitrogens with one attached hydrogen (secondary N) is 1. The van der Waals surface area contributed by atoms with Crippen molar-refractivity contribution in [2.45, 2.75) is 20.0 Å². The van der Waals surface area contributed by atoms with Gasteiger partial charge in [-0.15, -0.1) is 0 Å². The number of benzene rings is 1. The van der Waals surface area contributed by atoms with Crippen LogP contribution >= 0.6 is 11.6 Å². The first kappa shape index (κ1) is 15.7. The molecule has 0 amide bonds. The summed E-state index contributed by atoms with van der Waals surface area (Å²) in [6, 6.07) is 8.36. The second-order valence-electron chi connectivity index (χ2n) is 4.40. The van der Waals surface area contributed by atoms with Crippen molar-refractivity contribution in [2.24, 2.45) is 0 Å². The fourth-order valence-electron chi connectivity index (χ4n) is 1.84. The van der Waals surface area contributed by atoms with Gasteiger partial charge in [0.2, 0.25) is 0 Å². The lowest BCUT2D eigenvalue weighted by Gasteiger charge is -2.08. The zero-order valence-electron chi connectivity index (χ0n) is 11.8. The van der Waals surface area contributed by atoms with Crippen molar-refractivity contribution in [3.8, 4) is 0 Å². The molecule has 0 fully saturated rings. The van der Waals surface area contributed by atoms with Crippen molar-refractivity contribution in [2.75, 3.05) is 18.5 Å². The van der Waals surface area contributed by atoms with Gasteiger partial charge in [0.15, 0.2) is 5.82 Å². The highest BCUT2D eigenvalue weighted by Gasteiger charge is 2.04. The van der Waals surface area contributed by atoms with Crippen molar-refractivity contribution in [1.82, 2.24) is 9.97 Å². The van der Waals surface area contributed by atoms with E-state index >= 15 is 0 Å². The number of anilines is 1. The van der Waals surface area contributed by atoms with Gasteiger partial charge >= 0.3 is 0 Å². The zero-order valence-corrected chi connectivity index (χ0v) is 12.5. The predicted octanol–water partition coefficient (Wildman–Crippen LogP) is 3.46. The van der Waals surface area contributed by atoms with Crippen LogP contribution in [-0.2, 0) is 17.8 Å². The molecule has 2 aromatic rings. The van der Waals surface area contributed by atoms with E-state index in [0.717, 1.165) is 0 Å². The van der Waals surface area contributed by atoms with E-state index in [0.29, 0.717) is 48.5 Å². The molecule has 0 unspecified atom stereocenters. The SMILES string of the molecule is CCOCc1nc(Cl)cc(NCCc2ccccc2F)n1. The van der Waals surface area contributed by atoms with Gasteiger partial charge in [-0.3, -0.25) is 0 Å². The van der Waals surface area contributed by atoms with Crippen LogP contribution < -0.4 is 5.32 Å². The van der Waals surface area contributed by atoms with Gasteiger partial charge in [0.25, 0.3) is 0 Å². The van der Waals surface area contributed by atoms with E-state index in [4.69, 9.17) is 16.3 Å². The van der Waals surface area contributed by atoms with Crippen LogP contribution in [0.15, 0.2) is 30.3 Å². The quantitative estimate of drug-likeness (QED) is 0.796. The summed E-state index contributed by atoms with van der Waals surface area (Å²) >= 11 is 5.94. The Morgan fingerprint density at radius 1 is 1.29 bits per heavy atom. The van der Waals surface area contributed by atoms with Crippen LogP contribution in [0.4, 0.5) is 10.2 Å². The summed E-state index contributed by atoms with van der Waals surface area (Å²) in [5.74, 6) is 0.941. The standard InChI is InChI=1S/C15H17ClFN3O/c1-2-21-10-15-19-13(16)9-14(20-15)18-8-7-11-5-3-4-6-12(11)17/h3-6,9H,2,7-8,10H2,1H3,(H,18,19,20). The molecule has 0 aliphatic rings. The molecule has 4 nitrogen and oxygen atoms in total. The van der Waals surface area contributed by atoms with Gasteiger partial charge < -0.3 is 10.1 Å². The Kier molecular flexibility index (Phi) is 5.90. The van der Waals surface area contributed by atoms with Crippen LogP contribution in [-0.4, -0.2) is 23.1 Å². The Bertz CT molecular complexity index is 595. The van der Waals surface area contributed by atoms with Crippen molar-refractivity contribution in [3.05, 3.63) is 52.7 Å². The van der Waals surface area contributed by atoms with E-state index in [9.17, 15) is 4.39 Å². The minimum atomic E-state index is -0.197. The Labute approximate surface area is 128 Å². The molecular formula is C15H17ClFN3O. The fourth-order valence-corrected chi connectivity index (χ4v) is 2.04.